The van der Waals surface area contributed by atoms with E-state index in [4.69, 9.17) is 13.9 Å². The fourth-order valence-corrected chi connectivity index (χ4v) is 2.57. The first-order valence-corrected chi connectivity index (χ1v) is 6.71. The molecule has 0 bridgehead atoms. The quantitative estimate of drug-likeness (QED) is 0.683. The van der Waals surface area contributed by atoms with Crippen LogP contribution in [0.4, 0.5) is 0 Å². The first-order valence-electron chi connectivity index (χ1n) is 6.71. The molecule has 108 valence electrons. The molecule has 0 unspecified atom stereocenters. The summed E-state index contributed by atoms with van der Waals surface area (Å²) in [5.41, 5.74) is 2.67. The predicted molar refractivity (Wildman–Crippen MR) is 80.5 cm³/mol. The Morgan fingerprint density at radius 2 is 2.05 bits per heavy atom. The normalized spacial score (nSPS) is 11.0. The van der Waals surface area contributed by atoms with Crippen LogP contribution in [0.3, 0.4) is 0 Å². The van der Waals surface area contributed by atoms with Gasteiger partial charge >= 0.3 is 5.97 Å². The van der Waals surface area contributed by atoms with Crippen molar-refractivity contribution in [3.63, 3.8) is 0 Å². The van der Waals surface area contributed by atoms with Crippen molar-refractivity contribution < 1.29 is 18.7 Å². The summed E-state index contributed by atoms with van der Waals surface area (Å²) in [7, 11) is 1.63. The van der Waals surface area contributed by atoms with Gasteiger partial charge in [0.15, 0.2) is 11.3 Å². The number of hydrogen-bond acceptors (Lipinski definition) is 4. The van der Waals surface area contributed by atoms with Gasteiger partial charge in [0.05, 0.1) is 13.4 Å². The SMILES string of the molecule is COc1c2cccc(C)c2cc2c(COC(C)=O)coc12. The third-order valence-electron chi connectivity index (χ3n) is 3.61. The van der Waals surface area contributed by atoms with Gasteiger partial charge in [0.2, 0.25) is 0 Å². The van der Waals surface area contributed by atoms with E-state index >= 15 is 0 Å². The first-order chi connectivity index (χ1) is 10.1. The van der Waals surface area contributed by atoms with E-state index in [1.165, 1.54) is 6.92 Å². The smallest absolute Gasteiger partial charge is 0.302 e. The highest BCUT2D eigenvalue weighted by Gasteiger charge is 2.16. The van der Waals surface area contributed by atoms with E-state index in [0.29, 0.717) is 11.3 Å². The summed E-state index contributed by atoms with van der Waals surface area (Å²) in [4.78, 5) is 11.0. The van der Waals surface area contributed by atoms with Crippen molar-refractivity contribution >= 4 is 27.7 Å². The molecule has 4 heteroatoms. The third-order valence-corrected chi connectivity index (χ3v) is 3.61. The monoisotopic (exact) mass is 284 g/mol. The molecule has 2 aromatic carbocycles. The molecule has 0 fully saturated rings. The van der Waals surface area contributed by atoms with Crippen LogP contribution < -0.4 is 4.74 Å². The van der Waals surface area contributed by atoms with Crippen molar-refractivity contribution in [3.05, 3.63) is 41.7 Å². The topological polar surface area (TPSA) is 48.7 Å². The van der Waals surface area contributed by atoms with Crippen molar-refractivity contribution in [2.24, 2.45) is 0 Å². The number of ether oxygens (including phenoxy) is 2. The molecule has 0 saturated carbocycles. The Bertz CT molecular complexity index is 830. The molecule has 0 aliphatic rings. The molecular weight excluding hydrogens is 268 g/mol. The Morgan fingerprint density at radius 3 is 2.76 bits per heavy atom. The molecule has 3 aromatic rings. The zero-order valence-electron chi connectivity index (χ0n) is 12.2. The van der Waals surface area contributed by atoms with Crippen LogP contribution in [-0.4, -0.2) is 13.1 Å². The molecule has 0 spiro atoms. The summed E-state index contributed by atoms with van der Waals surface area (Å²) in [6.45, 7) is 3.64. The Balaban J connectivity index is 2.27. The van der Waals surface area contributed by atoms with Crippen molar-refractivity contribution in [2.75, 3.05) is 7.11 Å². The zero-order valence-corrected chi connectivity index (χ0v) is 12.2. The molecule has 3 rings (SSSR count). The van der Waals surface area contributed by atoms with Gasteiger partial charge in [0, 0.05) is 23.3 Å². The van der Waals surface area contributed by atoms with Gasteiger partial charge in [-0.05, 0) is 23.9 Å². The van der Waals surface area contributed by atoms with Crippen LogP contribution in [-0.2, 0) is 16.1 Å². The molecular formula is C17H16O4. The molecule has 0 aliphatic heterocycles. The van der Waals surface area contributed by atoms with Crippen LogP contribution in [0.5, 0.6) is 5.75 Å². The van der Waals surface area contributed by atoms with Gasteiger partial charge in [-0.15, -0.1) is 0 Å². The van der Waals surface area contributed by atoms with Gasteiger partial charge in [-0.25, -0.2) is 0 Å². The van der Waals surface area contributed by atoms with Crippen LogP contribution in [0.2, 0.25) is 0 Å². The van der Waals surface area contributed by atoms with Crippen molar-refractivity contribution in [2.45, 2.75) is 20.5 Å². The minimum Gasteiger partial charge on any atom is -0.492 e. The van der Waals surface area contributed by atoms with Gasteiger partial charge in [0.25, 0.3) is 0 Å². The van der Waals surface area contributed by atoms with E-state index < -0.39 is 0 Å². The highest BCUT2D eigenvalue weighted by atomic mass is 16.5. The molecule has 4 nitrogen and oxygen atoms in total. The Kier molecular flexibility index (Phi) is 3.29. The maximum absolute atomic E-state index is 11.0. The lowest BCUT2D eigenvalue weighted by molar-refractivity contribution is -0.142. The van der Waals surface area contributed by atoms with E-state index in [2.05, 4.69) is 19.1 Å². The minimum absolute atomic E-state index is 0.197. The summed E-state index contributed by atoms with van der Waals surface area (Å²) in [5.74, 6) is 0.397. The second-order valence-electron chi connectivity index (χ2n) is 5.00. The van der Waals surface area contributed by atoms with Gasteiger partial charge in [-0.1, -0.05) is 18.2 Å². The standard InChI is InChI=1S/C17H16O4/c1-10-5-4-6-13-14(10)7-15-12(8-20-11(2)18)9-21-17(15)16(13)19-3/h4-7,9H,8H2,1-3H3. The Labute approximate surface area is 122 Å². The first kappa shape index (κ1) is 13.5. The summed E-state index contributed by atoms with van der Waals surface area (Å²) >= 11 is 0. The maximum Gasteiger partial charge on any atom is 0.302 e. The van der Waals surface area contributed by atoms with Crippen molar-refractivity contribution in [1.82, 2.24) is 0 Å². The largest absolute Gasteiger partial charge is 0.492 e. The molecule has 0 radical (unpaired) electrons. The fourth-order valence-electron chi connectivity index (χ4n) is 2.57. The van der Waals surface area contributed by atoms with Crippen LogP contribution in [0, 0.1) is 6.92 Å². The highest BCUT2D eigenvalue weighted by Crippen LogP contribution is 2.38. The predicted octanol–water partition coefficient (Wildman–Crippen LogP) is 3.97. The summed E-state index contributed by atoms with van der Waals surface area (Å²) in [6.07, 6.45) is 1.62. The van der Waals surface area contributed by atoms with Crippen LogP contribution in [0.1, 0.15) is 18.1 Å². The van der Waals surface area contributed by atoms with Crippen molar-refractivity contribution in [3.8, 4) is 5.75 Å². The number of fused-ring (bicyclic) bond motifs is 2. The lowest BCUT2D eigenvalue weighted by Crippen LogP contribution is -1.98. The molecule has 0 aliphatic carbocycles. The number of rotatable bonds is 3. The lowest BCUT2D eigenvalue weighted by Gasteiger charge is -2.09. The number of methoxy groups -OCH3 is 1. The van der Waals surface area contributed by atoms with E-state index in [9.17, 15) is 4.79 Å². The number of esters is 1. The summed E-state index contributed by atoms with van der Waals surface area (Å²) in [5, 5.41) is 3.03. The summed E-state index contributed by atoms with van der Waals surface area (Å²) < 4.78 is 16.2. The number of carbonyl (C=O) groups excluding carboxylic acids is 1. The zero-order chi connectivity index (χ0) is 15.0. The number of hydrogen-bond donors (Lipinski definition) is 0. The number of benzene rings is 2. The van der Waals surface area contributed by atoms with E-state index in [-0.39, 0.29) is 12.6 Å². The average molecular weight is 284 g/mol. The van der Waals surface area contributed by atoms with E-state index in [1.807, 2.05) is 12.1 Å². The number of carbonyl (C=O) groups is 1. The van der Waals surface area contributed by atoms with E-state index in [0.717, 1.165) is 27.3 Å². The second-order valence-corrected chi connectivity index (χ2v) is 5.00. The van der Waals surface area contributed by atoms with Gasteiger partial charge < -0.3 is 13.9 Å². The van der Waals surface area contributed by atoms with Crippen LogP contribution in [0.15, 0.2) is 34.9 Å². The Hall–Kier alpha value is -2.49. The van der Waals surface area contributed by atoms with Crippen LogP contribution in [0.25, 0.3) is 21.7 Å². The molecule has 0 amide bonds. The minimum atomic E-state index is -0.312. The molecule has 0 atom stereocenters. The second kappa shape index (κ2) is 5.13. The van der Waals surface area contributed by atoms with E-state index in [1.54, 1.807) is 13.4 Å². The number of aryl methyl sites for hydroxylation is 1. The Morgan fingerprint density at radius 1 is 1.24 bits per heavy atom. The molecule has 0 N–H and O–H groups in total. The van der Waals surface area contributed by atoms with Crippen LogP contribution >= 0.6 is 0 Å². The fraction of sp³-hybridized carbons (Fsp3) is 0.235. The molecule has 21 heavy (non-hydrogen) atoms. The van der Waals surface area contributed by atoms with Gasteiger partial charge in [-0.2, -0.15) is 0 Å². The maximum atomic E-state index is 11.0. The van der Waals surface area contributed by atoms with Gasteiger partial charge in [0.1, 0.15) is 6.61 Å². The van der Waals surface area contributed by atoms with Gasteiger partial charge in [-0.3, -0.25) is 4.79 Å². The third kappa shape index (κ3) is 2.23. The highest BCUT2D eigenvalue weighted by molar-refractivity contribution is 6.05. The number of furan rings is 1. The summed E-state index contributed by atoms with van der Waals surface area (Å²) in [6, 6.07) is 8.12. The average Bonchev–Trinajstić information content (AvgIpc) is 2.86. The molecule has 1 heterocycles. The lowest BCUT2D eigenvalue weighted by atomic mass is 10.0. The molecule has 0 saturated heterocycles. The molecule has 1 aromatic heterocycles. The van der Waals surface area contributed by atoms with Crippen molar-refractivity contribution in [1.29, 1.82) is 0 Å².